The number of halogens is 1. The Kier molecular flexibility index (Phi) is 5.11. The molecule has 0 unspecified atom stereocenters. The molecule has 1 amide bonds. The van der Waals surface area contributed by atoms with Crippen molar-refractivity contribution in [3.63, 3.8) is 0 Å². The minimum atomic E-state index is -0.332. The molecule has 0 saturated carbocycles. The molecular weight excluding hydrogens is 400 g/mol. The van der Waals surface area contributed by atoms with E-state index in [2.05, 4.69) is 21.3 Å². The summed E-state index contributed by atoms with van der Waals surface area (Å²) in [5.41, 5.74) is 8.05. The van der Waals surface area contributed by atoms with Crippen LogP contribution in [-0.2, 0) is 0 Å². The van der Waals surface area contributed by atoms with Crippen LogP contribution in [0.25, 0.3) is 5.69 Å². The summed E-state index contributed by atoms with van der Waals surface area (Å²) >= 11 is 7.09. The van der Waals surface area contributed by atoms with Crippen LogP contribution in [0.4, 0.5) is 5.69 Å². The van der Waals surface area contributed by atoms with E-state index in [9.17, 15) is 9.59 Å². The number of carbonyl (C=O) groups is 1. The van der Waals surface area contributed by atoms with E-state index in [1.54, 1.807) is 29.4 Å². The van der Waals surface area contributed by atoms with Gasteiger partial charge in [-0.1, -0.05) is 11.6 Å². The highest BCUT2D eigenvalue weighted by atomic mass is 35.5. The Morgan fingerprint density at radius 2 is 1.96 bits per heavy atom. The van der Waals surface area contributed by atoms with Gasteiger partial charge in [0.05, 0.1) is 32.8 Å². The van der Waals surface area contributed by atoms with Crippen LogP contribution in [0.1, 0.15) is 9.67 Å². The van der Waals surface area contributed by atoms with Crippen molar-refractivity contribution >= 4 is 34.5 Å². The van der Waals surface area contributed by atoms with Crippen LogP contribution in [-0.4, -0.2) is 22.0 Å². The number of nitrogens with zero attached hydrogens (tertiary/aromatic N) is 3. The molecule has 0 aliphatic carbocycles. The number of nitrogens with one attached hydrogen (secondary N) is 3. The van der Waals surface area contributed by atoms with Crippen LogP contribution >= 0.6 is 22.9 Å². The Morgan fingerprint density at radius 3 is 2.68 bits per heavy atom. The molecule has 10 heteroatoms. The van der Waals surface area contributed by atoms with Gasteiger partial charge in [-0.25, -0.2) is 9.78 Å². The maximum atomic E-state index is 12.1. The van der Waals surface area contributed by atoms with E-state index in [4.69, 9.17) is 11.6 Å². The van der Waals surface area contributed by atoms with E-state index in [1.165, 1.54) is 22.1 Å². The molecule has 4 rings (SSSR count). The van der Waals surface area contributed by atoms with Crippen molar-refractivity contribution in [2.24, 2.45) is 0 Å². The number of hydrogen-bond donors (Lipinski definition) is 3. The first-order valence-corrected chi connectivity index (χ1v) is 9.49. The fourth-order valence-corrected chi connectivity index (χ4v) is 3.57. The van der Waals surface area contributed by atoms with Crippen LogP contribution in [0.3, 0.4) is 0 Å². The van der Waals surface area contributed by atoms with Crippen LogP contribution in [0, 0.1) is 0 Å². The molecule has 2 aromatic heterocycles. The first-order chi connectivity index (χ1) is 13.6. The maximum Gasteiger partial charge on any atom is 0.352 e. The second-order valence-electron chi connectivity index (χ2n) is 5.84. The number of hydrogen-bond acceptors (Lipinski definition) is 7. The fraction of sp³-hybridized carbons (Fsp3) is 0.0556. The molecule has 3 aromatic rings. The molecule has 0 radical (unpaired) electrons. The maximum absolute atomic E-state index is 12.1. The Morgan fingerprint density at radius 1 is 1.18 bits per heavy atom. The van der Waals surface area contributed by atoms with Crippen LogP contribution < -0.4 is 27.0 Å². The summed E-state index contributed by atoms with van der Waals surface area (Å²) in [6, 6.07) is 12.5. The van der Waals surface area contributed by atoms with E-state index < -0.39 is 0 Å². The highest BCUT2D eigenvalue weighted by molar-refractivity contribution is 7.17. The van der Waals surface area contributed by atoms with E-state index in [1.807, 2.05) is 30.5 Å². The smallest absolute Gasteiger partial charge is 0.346 e. The van der Waals surface area contributed by atoms with Gasteiger partial charge in [0.2, 0.25) is 0 Å². The van der Waals surface area contributed by atoms with Gasteiger partial charge in [0.1, 0.15) is 0 Å². The first-order valence-electron chi connectivity index (χ1n) is 8.29. The highest BCUT2D eigenvalue weighted by Crippen LogP contribution is 2.21. The quantitative estimate of drug-likeness (QED) is 0.592. The summed E-state index contributed by atoms with van der Waals surface area (Å²) in [7, 11) is 0. The third kappa shape index (κ3) is 3.91. The minimum absolute atomic E-state index is 0.177. The SMILES string of the molecule is O=C(NCC1=CN(c2ccc(-n3cccnc3=O)cc2)NN1)c1ccc(Cl)s1. The van der Waals surface area contributed by atoms with Gasteiger partial charge in [0, 0.05) is 18.6 Å². The average molecular weight is 415 g/mol. The summed E-state index contributed by atoms with van der Waals surface area (Å²) in [5.74, 6) is -0.177. The summed E-state index contributed by atoms with van der Waals surface area (Å²) < 4.78 is 2.04. The van der Waals surface area contributed by atoms with Crippen molar-refractivity contribution in [3.05, 3.63) is 86.5 Å². The number of anilines is 1. The molecule has 0 atom stereocenters. The van der Waals surface area contributed by atoms with Crippen molar-refractivity contribution in [1.29, 1.82) is 0 Å². The van der Waals surface area contributed by atoms with Gasteiger partial charge in [0.25, 0.3) is 5.91 Å². The molecule has 1 aromatic carbocycles. The lowest BCUT2D eigenvalue weighted by molar-refractivity contribution is 0.0960. The van der Waals surface area contributed by atoms with Crippen molar-refractivity contribution < 1.29 is 4.79 Å². The minimum Gasteiger partial charge on any atom is -0.346 e. The van der Waals surface area contributed by atoms with Crippen molar-refractivity contribution in [1.82, 2.24) is 25.8 Å². The molecule has 0 spiro atoms. The fourth-order valence-electron chi connectivity index (χ4n) is 2.61. The van der Waals surface area contributed by atoms with Gasteiger partial charge in [-0.05, 0) is 42.5 Å². The molecule has 3 heterocycles. The lowest BCUT2D eigenvalue weighted by Gasteiger charge is -2.15. The standard InChI is InChI=1S/C18H15ClN6O2S/c19-16-7-6-15(28-16)17(26)21-10-12-11-25(23-22-12)14-4-2-13(3-5-14)24-9-1-8-20-18(24)27/h1-9,11,22-23H,10H2,(H,21,26). The normalized spacial score (nSPS) is 13.2. The summed E-state index contributed by atoms with van der Waals surface area (Å²) in [6.45, 7) is 0.334. The summed E-state index contributed by atoms with van der Waals surface area (Å²) in [4.78, 5) is 28.2. The van der Waals surface area contributed by atoms with Crippen LogP contribution in [0.5, 0.6) is 0 Å². The number of amides is 1. The van der Waals surface area contributed by atoms with Crippen molar-refractivity contribution in [2.75, 3.05) is 11.6 Å². The Bertz CT molecular complexity index is 1090. The largest absolute Gasteiger partial charge is 0.352 e. The van der Waals surface area contributed by atoms with E-state index in [0.29, 0.717) is 15.8 Å². The van der Waals surface area contributed by atoms with Crippen molar-refractivity contribution in [3.8, 4) is 5.69 Å². The van der Waals surface area contributed by atoms with E-state index in [-0.39, 0.29) is 11.6 Å². The Hall–Kier alpha value is -3.14. The molecule has 3 N–H and O–H groups in total. The monoisotopic (exact) mass is 414 g/mol. The molecule has 1 aliphatic rings. The second kappa shape index (κ2) is 7.85. The summed E-state index contributed by atoms with van der Waals surface area (Å²) in [5, 5.41) is 4.61. The Labute approximate surface area is 169 Å². The number of rotatable bonds is 5. The third-order valence-corrected chi connectivity index (χ3v) is 5.21. The molecule has 28 heavy (non-hydrogen) atoms. The predicted octanol–water partition coefficient (Wildman–Crippen LogP) is 2.05. The average Bonchev–Trinajstić information content (AvgIpc) is 3.36. The van der Waals surface area contributed by atoms with E-state index in [0.717, 1.165) is 17.1 Å². The van der Waals surface area contributed by atoms with Gasteiger partial charge in [-0.15, -0.1) is 16.9 Å². The molecule has 1 aliphatic heterocycles. The van der Waals surface area contributed by atoms with Crippen LogP contribution in [0.2, 0.25) is 4.34 Å². The van der Waals surface area contributed by atoms with E-state index >= 15 is 0 Å². The molecular formula is C18H15ClN6O2S. The van der Waals surface area contributed by atoms with Crippen molar-refractivity contribution in [2.45, 2.75) is 0 Å². The number of aromatic nitrogens is 2. The molecule has 0 bridgehead atoms. The zero-order valence-corrected chi connectivity index (χ0v) is 16.0. The number of benzene rings is 1. The Balaban J connectivity index is 1.40. The predicted molar refractivity (Wildman–Crippen MR) is 108 cm³/mol. The zero-order chi connectivity index (χ0) is 19.5. The van der Waals surface area contributed by atoms with Crippen LogP contribution in [0.15, 0.2) is 71.5 Å². The number of hydrazine groups is 2. The molecule has 8 nitrogen and oxygen atoms in total. The summed E-state index contributed by atoms with van der Waals surface area (Å²) in [6.07, 6.45) is 4.97. The lowest BCUT2D eigenvalue weighted by Crippen LogP contribution is -2.38. The first kappa shape index (κ1) is 18.2. The third-order valence-electron chi connectivity index (χ3n) is 3.98. The van der Waals surface area contributed by atoms with Gasteiger partial charge in [0.15, 0.2) is 0 Å². The van der Waals surface area contributed by atoms with Gasteiger partial charge < -0.3 is 10.7 Å². The van der Waals surface area contributed by atoms with Gasteiger partial charge >= 0.3 is 5.69 Å². The van der Waals surface area contributed by atoms with Gasteiger partial charge in [-0.3, -0.25) is 14.4 Å². The number of carbonyl (C=O) groups excluding carboxylic acids is 1. The molecule has 0 saturated heterocycles. The lowest BCUT2D eigenvalue weighted by atomic mass is 10.2. The topological polar surface area (TPSA) is 91.3 Å². The highest BCUT2D eigenvalue weighted by Gasteiger charge is 2.15. The number of thiophene rings is 1. The molecule has 0 fully saturated rings. The van der Waals surface area contributed by atoms with Gasteiger partial charge in [-0.2, -0.15) is 0 Å². The molecule has 142 valence electrons. The second-order valence-corrected chi connectivity index (χ2v) is 7.55. The zero-order valence-electron chi connectivity index (χ0n) is 14.4.